The van der Waals surface area contributed by atoms with Crippen LogP contribution in [0.5, 0.6) is 0 Å². The van der Waals surface area contributed by atoms with Gasteiger partial charge in [0.15, 0.2) is 5.96 Å². The van der Waals surface area contributed by atoms with Crippen molar-refractivity contribution in [2.24, 2.45) is 12.0 Å². The van der Waals surface area contributed by atoms with Crippen LogP contribution in [-0.4, -0.2) is 28.8 Å². The molecule has 1 atom stereocenters. The van der Waals surface area contributed by atoms with E-state index in [-0.39, 0.29) is 6.04 Å². The molecule has 0 saturated carbocycles. The lowest BCUT2D eigenvalue weighted by atomic mass is 10.1. The van der Waals surface area contributed by atoms with Gasteiger partial charge >= 0.3 is 0 Å². The van der Waals surface area contributed by atoms with Gasteiger partial charge in [0, 0.05) is 26.3 Å². The van der Waals surface area contributed by atoms with Crippen molar-refractivity contribution in [3.8, 4) is 0 Å². The standard InChI is InChI=1S/C18H27N5/c1-4-19-18(22-15(2)17-10-6-5-7-11-17)20-12-8-9-16-13-21-23(3)14-16/h5-7,10-11,13-15H,4,8-9,12H2,1-3H3,(H2,19,20,22). The van der Waals surface area contributed by atoms with E-state index in [1.807, 2.05) is 24.0 Å². The molecule has 0 bridgehead atoms. The molecule has 1 aromatic heterocycles. The van der Waals surface area contributed by atoms with Gasteiger partial charge < -0.3 is 10.6 Å². The number of guanidine groups is 1. The van der Waals surface area contributed by atoms with Crippen molar-refractivity contribution in [2.45, 2.75) is 32.7 Å². The van der Waals surface area contributed by atoms with Crippen molar-refractivity contribution in [3.05, 3.63) is 53.9 Å². The van der Waals surface area contributed by atoms with E-state index in [4.69, 9.17) is 0 Å². The summed E-state index contributed by atoms with van der Waals surface area (Å²) in [5.74, 6) is 0.870. The van der Waals surface area contributed by atoms with E-state index in [1.54, 1.807) is 0 Å². The average Bonchev–Trinajstić information content (AvgIpc) is 2.98. The highest BCUT2D eigenvalue weighted by atomic mass is 15.2. The van der Waals surface area contributed by atoms with Crippen LogP contribution in [-0.2, 0) is 13.5 Å². The molecule has 0 aliphatic rings. The topological polar surface area (TPSA) is 54.2 Å². The first-order chi connectivity index (χ1) is 11.2. The number of nitrogens with zero attached hydrogens (tertiary/aromatic N) is 3. The maximum Gasteiger partial charge on any atom is 0.191 e. The quantitative estimate of drug-likeness (QED) is 0.469. The van der Waals surface area contributed by atoms with Crippen molar-refractivity contribution in [1.82, 2.24) is 20.4 Å². The predicted octanol–water partition coefficient (Wildman–Crippen LogP) is 2.67. The number of hydrogen-bond donors (Lipinski definition) is 2. The monoisotopic (exact) mass is 313 g/mol. The Morgan fingerprint density at radius 1 is 1.30 bits per heavy atom. The molecule has 0 fully saturated rings. The fraction of sp³-hybridized carbons (Fsp3) is 0.444. The Bertz CT molecular complexity index is 603. The van der Waals surface area contributed by atoms with Crippen molar-refractivity contribution in [2.75, 3.05) is 13.1 Å². The first kappa shape index (κ1) is 17.1. The number of nitrogens with one attached hydrogen (secondary N) is 2. The zero-order valence-electron chi connectivity index (χ0n) is 14.3. The summed E-state index contributed by atoms with van der Waals surface area (Å²) < 4.78 is 1.84. The summed E-state index contributed by atoms with van der Waals surface area (Å²) in [7, 11) is 1.94. The second-order valence-electron chi connectivity index (χ2n) is 5.66. The zero-order chi connectivity index (χ0) is 16.5. The van der Waals surface area contributed by atoms with Crippen LogP contribution in [0.15, 0.2) is 47.7 Å². The van der Waals surface area contributed by atoms with Gasteiger partial charge in [-0.2, -0.15) is 5.10 Å². The summed E-state index contributed by atoms with van der Waals surface area (Å²) in [6.45, 7) is 5.89. The van der Waals surface area contributed by atoms with Crippen LogP contribution < -0.4 is 10.6 Å². The molecule has 2 aromatic rings. The Kier molecular flexibility index (Phi) is 6.66. The lowest BCUT2D eigenvalue weighted by Gasteiger charge is -2.18. The van der Waals surface area contributed by atoms with Crippen LogP contribution in [0, 0.1) is 0 Å². The lowest BCUT2D eigenvalue weighted by Crippen LogP contribution is -2.38. The molecule has 0 saturated heterocycles. The van der Waals surface area contributed by atoms with Crippen molar-refractivity contribution in [3.63, 3.8) is 0 Å². The summed E-state index contributed by atoms with van der Waals surface area (Å²) in [5, 5.41) is 11.0. The summed E-state index contributed by atoms with van der Waals surface area (Å²) in [6.07, 6.45) is 6.00. The third kappa shape index (κ3) is 5.77. The highest BCUT2D eigenvalue weighted by Gasteiger charge is 2.06. The SMILES string of the molecule is CCNC(=NCCCc1cnn(C)c1)NC(C)c1ccccc1. The molecule has 23 heavy (non-hydrogen) atoms. The molecule has 1 unspecified atom stereocenters. The Morgan fingerprint density at radius 2 is 2.09 bits per heavy atom. The van der Waals surface area contributed by atoms with Crippen molar-refractivity contribution >= 4 is 5.96 Å². The second-order valence-corrected chi connectivity index (χ2v) is 5.66. The molecule has 5 heteroatoms. The Labute approximate surface area is 138 Å². The molecule has 0 spiro atoms. The molecule has 124 valence electrons. The van der Waals surface area contributed by atoms with Gasteiger partial charge in [-0.15, -0.1) is 0 Å². The number of aryl methyl sites for hydroxylation is 2. The van der Waals surface area contributed by atoms with E-state index in [0.29, 0.717) is 0 Å². The van der Waals surface area contributed by atoms with Gasteiger partial charge in [0.05, 0.1) is 12.2 Å². The van der Waals surface area contributed by atoms with Gasteiger partial charge in [-0.05, 0) is 37.8 Å². The van der Waals surface area contributed by atoms with Crippen LogP contribution >= 0.6 is 0 Å². The Balaban J connectivity index is 1.84. The van der Waals surface area contributed by atoms with Crippen LogP contribution in [0.1, 0.15) is 37.4 Å². The molecule has 0 aliphatic carbocycles. The number of rotatable bonds is 7. The Morgan fingerprint density at radius 3 is 2.74 bits per heavy atom. The van der Waals surface area contributed by atoms with Crippen LogP contribution in [0.25, 0.3) is 0 Å². The second kappa shape index (κ2) is 8.98. The van der Waals surface area contributed by atoms with E-state index >= 15 is 0 Å². The van der Waals surface area contributed by atoms with Gasteiger partial charge in [-0.1, -0.05) is 30.3 Å². The predicted molar refractivity (Wildman–Crippen MR) is 95.5 cm³/mol. The molecule has 0 amide bonds. The minimum atomic E-state index is 0.229. The highest BCUT2D eigenvalue weighted by molar-refractivity contribution is 5.80. The van der Waals surface area contributed by atoms with Crippen molar-refractivity contribution in [1.29, 1.82) is 0 Å². The molecular formula is C18H27N5. The largest absolute Gasteiger partial charge is 0.357 e. The van der Waals surface area contributed by atoms with Gasteiger partial charge in [-0.3, -0.25) is 9.67 Å². The van der Waals surface area contributed by atoms with E-state index in [1.165, 1.54) is 11.1 Å². The zero-order valence-corrected chi connectivity index (χ0v) is 14.3. The molecular weight excluding hydrogens is 286 g/mol. The van der Waals surface area contributed by atoms with E-state index in [0.717, 1.165) is 31.9 Å². The first-order valence-electron chi connectivity index (χ1n) is 8.26. The summed E-state index contributed by atoms with van der Waals surface area (Å²) in [6, 6.07) is 10.6. The van der Waals surface area contributed by atoms with Gasteiger partial charge in [0.1, 0.15) is 0 Å². The van der Waals surface area contributed by atoms with Gasteiger partial charge in [0.2, 0.25) is 0 Å². The number of aromatic nitrogens is 2. The number of aliphatic imine (C=N–C) groups is 1. The summed E-state index contributed by atoms with van der Waals surface area (Å²) >= 11 is 0. The molecule has 0 aliphatic heterocycles. The normalized spacial score (nSPS) is 12.9. The highest BCUT2D eigenvalue weighted by Crippen LogP contribution is 2.10. The minimum Gasteiger partial charge on any atom is -0.357 e. The third-order valence-corrected chi connectivity index (χ3v) is 3.65. The fourth-order valence-electron chi connectivity index (χ4n) is 2.43. The first-order valence-corrected chi connectivity index (χ1v) is 8.26. The number of hydrogen-bond acceptors (Lipinski definition) is 2. The maximum absolute atomic E-state index is 4.67. The average molecular weight is 313 g/mol. The lowest BCUT2D eigenvalue weighted by molar-refractivity contribution is 0.683. The van der Waals surface area contributed by atoms with Gasteiger partial charge in [-0.25, -0.2) is 0 Å². The van der Waals surface area contributed by atoms with Crippen LogP contribution in [0.2, 0.25) is 0 Å². The Hall–Kier alpha value is -2.30. The van der Waals surface area contributed by atoms with Crippen LogP contribution in [0.4, 0.5) is 0 Å². The maximum atomic E-state index is 4.67. The summed E-state index contributed by atoms with van der Waals surface area (Å²) in [4.78, 5) is 4.67. The molecule has 5 nitrogen and oxygen atoms in total. The molecule has 0 radical (unpaired) electrons. The van der Waals surface area contributed by atoms with Crippen molar-refractivity contribution < 1.29 is 0 Å². The molecule has 1 heterocycles. The molecule has 1 aromatic carbocycles. The fourth-order valence-corrected chi connectivity index (χ4v) is 2.43. The smallest absolute Gasteiger partial charge is 0.191 e. The van der Waals surface area contributed by atoms with Crippen LogP contribution in [0.3, 0.4) is 0 Å². The summed E-state index contributed by atoms with van der Waals surface area (Å²) in [5.41, 5.74) is 2.52. The van der Waals surface area contributed by atoms with Gasteiger partial charge in [0.25, 0.3) is 0 Å². The van der Waals surface area contributed by atoms with E-state index in [2.05, 4.69) is 65.0 Å². The van der Waals surface area contributed by atoms with E-state index < -0.39 is 0 Å². The molecule has 2 rings (SSSR count). The minimum absolute atomic E-state index is 0.229. The third-order valence-electron chi connectivity index (χ3n) is 3.65. The van der Waals surface area contributed by atoms with E-state index in [9.17, 15) is 0 Å². The number of benzene rings is 1. The molecule has 2 N–H and O–H groups in total.